The van der Waals surface area contributed by atoms with Gasteiger partial charge in [0.05, 0.1) is 0 Å². The number of carbonyl (C=O) groups is 1. The van der Waals surface area contributed by atoms with Crippen molar-refractivity contribution in [3.63, 3.8) is 0 Å². The molecule has 1 amide bonds. The second-order valence-corrected chi connectivity index (χ2v) is 7.18. The zero-order chi connectivity index (χ0) is 19.3. The lowest BCUT2D eigenvalue weighted by Crippen LogP contribution is -2.39. The zero-order valence-electron chi connectivity index (χ0n) is 15.6. The molecule has 4 nitrogen and oxygen atoms in total. The van der Waals surface area contributed by atoms with Crippen LogP contribution in [0.5, 0.6) is 0 Å². The van der Waals surface area contributed by atoms with E-state index < -0.39 is 0 Å². The predicted molar refractivity (Wildman–Crippen MR) is 106 cm³/mol. The van der Waals surface area contributed by atoms with Gasteiger partial charge in [-0.2, -0.15) is 0 Å². The summed E-state index contributed by atoms with van der Waals surface area (Å²) in [4.78, 5) is 23.5. The number of likely N-dealkylation sites (tertiary alicyclic amines) is 1. The van der Waals surface area contributed by atoms with Crippen LogP contribution in [0.15, 0.2) is 67.0 Å². The molecule has 0 spiro atoms. The highest BCUT2D eigenvalue weighted by molar-refractivity contribution is 5.94. The summed E-state index contributed by atoms with van der Waals surface area (Å²) in [5.41, 5.74) is 3.69. The van der Waals surface area contributed by atoms with Crippen molar-refractivity contribution in [3.05, 3.63) is 95.3 Å². The third-order valence-electron chi connectivity index (χ3n) is 5.18. The number of hydrogen-bond donors (Lipinski definition) is 0. The highest BCUT2D eigenvalue weighted by Crippen LogP contribution is 2.27. The van der Waals surface area contributed by atoms with Gasteiger partial charge < -0.3 is 4.90 Å². The van der Waals surface area contributed by atoms with E-state index in [-0.39, 0.29) is 17.6 Å². The number of aromatic nitrogens is 2. The Labute approximate surface area is 164 Å². The van der Waals surface area contributed by atoms with E-state index in [0.717, 1.165) is 36.3 Å². The average Bonchev–Trinajstić information content (AvgIpc) is 2.76. The van der Waals surface area contributed by atoms with E-state index in [4.69, 9.17) is 4.98 Å². The van der Waals surface area contributed by atoms with Crippen molar-refractivity contribution < 1.29 is 9.18 Å². The molecule has 2 aromatic heterocycles. The summed E-state index contributed by atoms with van der Waals surface area (Å²) in [5.74, 6) is 0.0499. The number of rotatable bonds is 4. The van der Waals surface area contributed by atoms with Gasteiger partial charge in [-0.3, -0.25) is 14.8 Å². The number of benzene rings is 1. The zero-order valence-corrected chi connectivity index (χ0v) is 15.6. The van der Waals surface area contributed by atoms with Crippen LogP contribution in [0, 0.1) is 5.82 Å². The SMILES string of the molecule is O=C(c1ccncc1)N1CCC[C@@H](c2cccc(Cc3ccc(F)cc3)n2)C1. The quantitative estimate of drug-likeness (QED) is 0.686. The van der Waals surface area contributed by atoms with Crippen LogP contribution in [-0.4, -0.2) is 33.9 Å². The molecule has 0 radical (unpaired) electrons. The molecule has 0 bridgehead atoms. The molecule has 1 atom stereocenters. The topological polar surface area (TPSA) is 46.1 Å². The maximum atomic E-state index is 13.1. The van der Waals surface area contributed by atoms with Gasteiger partial charge in [0.25, 0.3) is 5.91 Å². The summed E-state index contributed by atoms with van der Waals surface area (Å²) in [7, 11) is 0. The van der Waals surface area contributed by atoms with E-state index in [1.807, 2.05) is 23.1 Å². The number of amides is 1. The Hall–Kier alpha value is -3.08. The Bertz CT molecular complexity index is 944. The van der Waals surface area contributed by atoms with Crippen LogP contribution in [0.3, 0.4) is 0 Å². The molecule has 1 fully saturated rings. The minimum atomic E-state index is -0.230. The van der Waals surface area contributed by atoms with Crippen molar-refractivity contribution in [1.82, 2.24) is 14.9 Å². The molecule has 1 aliphatic heterocycles. The fraction of sp³-hybridized carbons (Fsp3) is 0.261. The molecule has 3 heterocycles. The van der Waals surface area contributed by atoms with Crippen molar-refractivity contribution in [1.29, 1.82) is 0 Å². The van der Waals surface area contributed by atoms with Gasteiger partial charge in [-0.25, -0.2) is 4.39 Å². The van der Waals surface area contributed by atoms with E-state index in [1.54, 1.807) is 36.7 Å². The van der Waals surface area contributed by atoms with Gasteiger partial charge in [0.15, 0.2) is 0 Å². The van der Waals surface area contributed by atoms with E-state index in [1.165, 1.54) is 12.1 Å². The lowest BCUT2D eigenvalue weighted by molar-refractivity contribution is 0.0705. The summed E-state index contributed by atoms with van der Waals surface area (Å²) in [6.45, 7) is 1.45. The molecular formula is C23H22FN3O. The van der Waals surface area contributed by atoms with Crippen LogP contribution < -0.4 is 0 Å². The normalized spacial score (nSPS) is 16.8. The molecule has 0 N–H and O–H groups in total. The summed E-state index contributed by atoms with van der Waals surface area (Å²) >= 11 is 0. The van der Waals surface area contributed by atoms with Gasteiger partial charge in [-0.1, -0.05) is 18.2 Å². The van der Waals surface area contributed by atoms with Gasteiger partial charge in [-0.15, -0.1) is 0 Å². The Morgan fingerprint density at radius 3 is 2.64 bits per heavy atom. The molecule has 0 unspecified atom stereocenters. The van der Waals surface area contributed by atoms with E-state index in [9.17, 15) is 9.18 Å². The minimum Gasteiger partial charge on any atom is -0.338 e. The first-order valence-corrected chi connectivity index (χ1v) is 9.58. The molecule has 3 aromatic rings. The summed E-state index contributed by atoms with van der Waals surface area (Å²) < 4.78 is 13.1. The molecule has 1 aromatic carbocycles. The molecule has 0 saturated carbocycles. The van der Waals surface area contributed by atoms with Crippen LogP contribution in [0.25, 0.3) is 0 Å². The molecule has 1 aliphatic rings. The highest BCUT2D eigenvalue weighted by atomic mass is 19.1. The first kappa shape index (κ1) is 18.3. The van der Waals surface area contributed by atoms with Gasteiger partial charge in [0, 0.05) is 54.8 Å². The Morgan fingerprint density at radius 1 is 1.07 bits per heavy atom. The first-order chi connectivity index (χ1) is 13.7. The van der Waals surface area contributed by atoms with Gasteiger partial charge in [-0.05, 0) is 54.8 Å². The second-order valence-electron chi connectivity index (χ2n) is 7.18. The van der Waals surface area contributed by atoms with Crippen LogP contribution in [0.2, 0.25) is 0 Å². The number of pyridine rings is 2. The smallest absolute Gasteiger partial charge is 0.253 e. The van der Waals surface area contributed by atoms with Gasteiger partial charge in [0.2, 0.25) is 0 Å². The standard InChI is InChI=1S/C23H22FN3O/c24-20-8-6-17(7-9-20)15-21-4-1-5-22(26-21)19-3-2-14-27(16-19)23(28)18-10-12-25-13-11-18/h1,4-13,19H,2-3,14-16H2/t19-/m1/s1. The average molecular weight is 375 g/mol. The maximum absolute atomic E-state index is 13.1. The first-order valence-electron chi connectivity index (χ1n) is 9.58. The van der Waals surface area contributed by atoms with Crippen LogP contribution in [0.1, 0.15) is 46.1 Å². The summed E-state index contributed by atoms with van der Waals surface area (Å²) in [6.07, 6.45) is 5.95. The highest BCUT2D eigenvalue weighted by Gasteiger charge is 2.26. The number of halogens is 1. The Kier molecular flexibility index (Phi) is 5.42. The summed E-state index contributed by atoms with van der Waals surface area (Å²) in [5, 5.41) is 0. The third-order valence-corrected chi connectivity index (χ3v) is 5.18. The predicted octanol–water partition coefficient (Wildman–Crippen LogP) is 4.23. The molecule has 142 valence electrons. The fourth-order valence-electron chi connectivity index (χ4n) is 3.72. The van der Waals surface area contributed by atoms with Crippen LogP contribution >= 0.6 is 0 Å². The van der Waals surface area contributed by atoms with Crippen LogP contribution in [-0.2, 0) is 6.42 Å². The lowest BCUT2D eigenvalue weighted by atomic mass is 9.93. The van der Waals surface area contributed by atoms with Crippen molar-refractivity contribution in [2.75, 3.05) is 13.1 Å². The molecule has 5 heteroatoms. The number of carbonyl (C=O) groups excluding carboxylic acids is 1. The lowest BCUT2D eigenvalue weighted by Gasteiger charge is -2.32. The largest absolute Gasteiger partial charge is 0.338 e. The second kappa shape index (κ2) is 8.30. The van der Waals surface area contributed by atoms with Gasteiger partial charge >= 0.3 is 0 Å². The monoisotopic (exact) mass is 375 g/mol. The van der Waals surface area contributed by atoms with Crippen molar-refractivity contribution in [2.24, 2.45) is 0 Å². The van der Waals surface area contributed by atoms with E-state index >= 15 is 0 Å². The molecular weight excluding hydrogens is 353 g/mol. The van der Waals surface area contributed by atoms with E-state index in [2.05, 4.69) is 4.98 Å². The fourth-order valence-corrected chi connectivity index (χ4v) is 3.72. The van der Waals surface area contributed by atoms with Crippen molar-refractivity contribution >= 4 is 5.91 Å². The van der Waals surface area contributed by atoms with E-state index in [0.29, 0.717) is 18.5 Å². The molecule has 1 saturated heterocycles. The van der Waals surface area contributed by atoms with Gasteiger partial charge in [0.1, 0.15) is 5.82 Å². The molecule has 28 heavy (non-hydrogen) atoms. The van der Waals surface area contributed by atoms with Crippen molar-refractivity contribution in [3.8, 4) is 0 Å². The van der Waals surface area contributed by atoms with Crippen LogP contribution in [0.4, 0.5) is 4.39 Å². The Balaban J connectivity index is 1.47. The van der Waals surface area contributed by atoms with Crippen molar-refractivity contribution in [2.45, 2.75) is 25.2 Å². The summed E-state index contributed by atoms with van der Waals surface area (Å²) in [6, 6.07) is 16.1. The maximum Gasteiger partial charge on any atom is 0.253 e. The molecule has 0 aliphatic carbocycles. The number of nitrogens with zero attached hydrogens (tertiary/aromatic N) is 3. The molecule has 4 rings (SSSR count). The number of hydrogen-bond acceptors (Lipinski definition) is 3. The Morgan fingerprint density at radius 2 is 1.86 bits per heavy atom. The number of piperidine rings is 1. The third kappa shape index (κ3) is 4.25. The minimum absolute atomic E-state index is 0.0505.